The Morgan fingerprint density at radius 3 is 2.14 bits per heavy atom. The Bertz CT molecular complexity index is 580. The van der Waals surface area contributed by atoms with E-state index in [4.69, 9.17) is 5.11 Å². The smallest absolute Gasteiger partial charge is 0.307 e. The summed E-state index contributed by atoms with van der Waals surface area (Å²) in [5, 5.41) is 14.4. The maximum atomic E-state index is 12.0. The van der Waals surface area contributed by atoms with Crippen molar-refractivity contribution in [2.24, 2.45) is 11.8 Å². The molecule has 6 nitrogen and oxygen atoms in total. The molecule has 1 aromatic carbocycles. The number of carbonyl (C=O) groups excluding carboxylic acids is 2. The molecule has 1 saturated carbocycles. The first-order valence-corrected chi connectivity index (χ1v) is 7.33. The Balaban J connectivity index is 1.95. The first-order chi connectivity index (χ1) is 10.4. The fourth-order valence-electron chi connectivity index (χ4n) is 2.39. The first-order valence-electron chi connectivity index (χ1n) is 7.33. The summed E-state index contributed by atoms with van der Waals surface area (Å²) in [5.41, 5.74) is 1.07. The van der Waals surface area contributed by atoms with E-state index in [0.29, 0.717) is 24.1 Å². The third kappa shape index (κ3) is 3.63. The van der Waals surface area contributed by atoms with Crippen LogP contribution in [0.3, 0.4) is 0 Å². The molecule has 0 bridgehead atoms. The second-order valence-electron chi connectivity index (χ2n) is 5.82. The number of amides is 2. The number of rotatable bonds is 5. The molecular formula is C16H20N2O4. The molecule has 1 aliphatic rings. The fraction of sp³-hybridized carbons (Fsp3) is 0.438. The van der Waals surface area contributed by atoms with Crippen molar-refractivity contribution in [2.75, 3.05) is 5.32 Å². The second kappa shape index (κ2) is 6.60. The SMILES string of the molecule is CC(C)NC(=O)c1ccc(NC(=O)C2CCC2C(=O)O)cc1. The minimum Gasteiger partial charge on any atom is -0.481 e. The van der Waals surface area contributed by atoms with Crippen molar-refractivity contribution in [2.45, 2.75) is 32.7 Å². The largest absolute Gasteiger partial charge is 0.481 e. The first kappa shape index (κ1) is 16.0. The third-order valence-electron chi connectivity index (χ3n) is 3.76. The topological polar surface area (TPSA) is 95.5 Å². The van der Waals surface area contributed by atoms with E-state index < -0.39 is 17.8 Å². The molecule has 0 heterocycles. The van der Waals surface area contributed by atoms with Crippen LogP contribution >= 0.6 is 0 Å². The monoisotopic (exact) mass is 304 g/mol. The molecule has 118 valence electrons. The summed E-state index contributed by atoms with van der Waals surface area (Å²) >= 11 is 0. The normalized spacial score (nSPS) is 20.1. The molecular weight excluding hydrogens is 284 g/mol. The molecule has 0 radical (unpaired) electrons. The van der Waals surface area contributed by atoms with Gasteiger partial charge in [-0.25, -0.2) is 0 Å². The van der Waals surface area contributed by atoms with E-state index >= 15 is 0 Å². The molecule has 22 heavy (non-hydrogen) atoms. The Hall–Kier alpha value is -2.37. The molecule has 3 N–H and O–H groups in total. The summed E-state index contributed by atoms with van der Waals surface area (Å²) in [5.74, 6) is -2.43. The van der Waals surface area contributed by atoms with Gasteiger partial charge >= 0.3 is 5.97 Å². The van der Waals surface area contributed by atoms with E-state index in [1.165, 1.54) is 0 Å². The van der Waals surface area contributed by atoms with Crippen LogP contribution in [0.5, 0.6) is 0 Å². The number of carboxylic acids is 1. The van der Waals surface area contributed by atoms with Gasteiger partial charge in [0.2, 0.25) is 5.91 Å². The quantitative estimate of drug-likeness (QED) is 0.774. The van der Waals surface area contributed by atoms with Gasteiger partial charge in [-0.3, -0.25) is 14.4 Å². The van der Waals surface area contributed by atoms with Gasteiger partial charge in [0.1, 0.15) is 0 Å². The zero-order valence-corrected chi connectivity index (χ0v) is 12.6. The summed E-state index contributed by atoms with van der Waals surface area (Å²) < 4.78 is 0. The molecule has 2 rings (SSSR count). The Morgan fingerprint density at radius 2 is 1.68 bits per heavy atom. The molecule has 0 spiro atoms. The molecule has 2 amide bonds. The van der Waals surface area contributed by atoms with Crippen LogP contribution in [-0.2, 0) is 9.59 Å². The summed E-state index contributed by atoms with van der Waals surface area (Å²) in [6.45, 7) is 3.76. The predicted octanol–water partition coefficient (Wildman–Crippen LogP) is 1.87. The maximum absolute atomic E-state index is 12.0. The summed E-state index contributed by atoms with van der Waals surface area (Å²) in [6.07, 6.45) is 1.14. The van der Waals surface area contributed by atoms with Crippen molar-refractivity contribution in [3.8, 4) is 0 Å². The standard InChI is InChI=1S/C16H20N2O4/c1-9(2)17-14(19)10-3-5-11(6-4-10)18-15(20)12-7-8-13(12)16(21)22/h3-6,9,12-13H,7-8H2,1-2H3,(H,17,19)(H,18,20)(H,21,22). The zero-order chi connectivity index (χ0) is 16.3. The average molecular weight is 304 g/mol. The van der Waals surface area contributed by atoms with Crippen LogP contribution in [0.15, 0.2) is 24.3 Å². The number of nitrogens with one attached hydrogen (secondary N) is 2. The Morgan fingerprint density at radius 1 is 1.09 bits per heavy atom. The van der Waals surface area contributed by atoms with Crippen LogP contribution in [0.2, 0.25) is 0 Å². The lowest BCUT2D eigenvalue weighted by Gasteiger charge is -2.31. The van der Waals surface area contributed by atoms with Crippen LogP contribution in [0, 0.1) is 11.8 Å². The van der Waals surface area contributed by atoms with Gasteiger partial charge in [-0.05, 0) is 51.0 Å². The number of carbonyl (C=O) groups is 3. The average Bonchev–Trinajstić information content (AvgIpc) is 2.36. The number of aliphatic carboxylic acids is 1. The highest BCUT2D eigenvalue weighted by molar-refractivity contribution is 5.97. The molecule has 2 unspecified atom stereocenters. The number of carboxylic acid groups (broad SMARTS) is 1. The molecule has 0 aromatic heterocycles. The van der Waals surface area contributed by atoms with Crippen LogP contribution in [0.4, 0.5) is 5.69 Å². The fourth-order valence-corrected chi connectivity index (χ4v) is 2.39. The van der Waals surface area contributed by atoms with E-state index in [2.05, 4.69) is 10.6 Å². The highest BCUT2D eigenvalue weighted by atomic mass is 16.4. The molecule has 1 aromatic rings. The summed E-state index contributed by atoms with van der Waals surface area (Å²) in [6, 6.07) is 6.59. The summed E-state index contributed by atoms with van der Waals surface area (Å²) in [4.78, 5) is 34.8. The van der Waals surface area contributed by atoms with Crippen molar-refractivity contribution >= 4 is 23.5 Å². The van der Waals surface area contributed by atoms with Crippen molar-refractivity contribution in [3.63, 3.8) is 0 Å². The number of benzene rings is 1. The minimum atomic E-state index is -0.924. The van der Waals surface area contributed by atoms with Crippen molar-refractivity contribution in [1.82, 2.24) is 5.32 Å². The lowest BCUT2D eigenvalue weighted by atomic mass is 9.73. The molecule has 1 aliphatic carbocycles. The maximum Gasteiger partial charge on any atom is 0.307 e. The molecule has 6 heteroatoms. The molecule has 2 atom stereocenters. The summed E-state index contributed by atoms with van der Waals surface area (Å²) in [7, 11) is 0. The van der Waals surface area contributed by atoms with E-state index in [1.807, 2.05) is 13.8 Å². The van der Waals surface area contributed by atoms with E-state index in [0.717, 1.165) is 0 Å². The Kier molecular flexibility index (Phi) is 4.80. The highest BCUT2D eigenvalue weighted by Crippen LogP contribution is 2.35. The van der Waals surface area contributed by atoms with Gasteiger partial charge in [0.05, 0.1) is 11.8 Å². The third-order valence-corrected chi connectivity index (χ3v) is 3.76. The number of hydrogen-bond acceptors (Lipinski definition) is 3. The lowest BCUT2D eigenvalue weighted by Crippen LogP contribution is -2.41. The van der Waals surface area contributed by atoms with Crippen molar-refractivity contribution < 1.29 is 19.5 Å². The Labute approximate surface area is 128 Å². The van der Waals surface area contributed by atoms with Gasteiger partial charge in [0.15, 0.2) is 0 Å². The predicted molar refractivity (Wildman–Crippen MR) is 81.5 cm³/mol. The molecule has 0 aliphatic heterocycles. The molecule has 1 fully saturated rings. The van der Waals surface area contributed by atoms with Crippen molar-refractivity contribution in [1.29, 1.82) is 0 Å². The van der Waals surface area contributed by atoms with Crippen molar-refractivity contribution in [3.05, 3.63) is 29.8 Å². The van der Waals surface area contributed by atoms with Gasteiger partial charge in [-0.15, -0.1) is 0 Å². The number of anilines is 1. The van der Waals surface area contributed by atoms with Gasteiger partial charge in [0.25, 0.3) is 5.91 Å². The van der Waals surface area contributed by atoms with E-state index in [1.54, 1.807) is 24.3 Å². The van der Waals surface area contributed by atoms with Crippen LogP contribution < -0.4 is 10.6 Å². The van der Waals surface area contributed by atoms with Gasteiger partial charge in [0, 0.05) is 17.3 Å². The van der Waals surface area contributed by atoms with E-state index in [9.17, 15) is 14.4 Å². The highest BCUT2D eigenvalue weighted by Gasteiger charge is 2.41. The lowest BCUT2D eigenvalue weighted by molar-refractivity contribution is -0.151. The second-order valence-corrected chi connectivity index (χ2v) is 5.82. The van der Waals surface area contributed by atoms with Gasteiger partial charge in [-0.2, -0.15) is 0 Å². The minimum absolute atomic E-state index is 0.0541. The zero-order valence-electron chi connectivity index (χ0n) is 12.6. The van der Waals surface area contributed by atoms with Gasteiger partial charge < -0.3 is 15.7 Å². The number of hydrogen-bond donors (Lipinski definition) is 3. The van der Waals surface area contributed by atoms with Crippen LogP contribution in [0.1, 0.15) is 37.0 Å². The van der Waals surface area contributed by atoms with Gasteiger partial charge in [-0.1, -0.05) is 0 Å². The molecule has 0 saturated heterocycles. The van der Waals surface area contributed by atoms with E-state index in [-0.39, 0.29) is 17.9 Å². The van der Waals surface area contributed by atoms with Crippen LogP contribution in [-0.4, -0.2) is 28.9 Å². The van der Waals surface area contributed by atoms with Crippen LogP contribution in [0.25, 0.3) is 0 Å².